The number of hydrogen-bond donors (Lipinski definition) is 0. The van der Waals surface area contributed by atoms with E-state index in [4.69, 9.17) is 16.3 Å². The van der Waals surface area contributed by atoms with Gasteiger partial charge in [-0.2, -0.15) is 0 Å². The molecule has 0 bridgehead atoms. The maximum atomic E-state index is 12.9. The van der Waals surface area contributed by atoms with Crippen molar-refractivity contribution in [1.29, 1.82) is 0 Å². The van der Waals surface area contributed by atoms with Gasteiger partial charge in [0.1, 0.15) is 12.6 Å². The van der Waals surface area contributed by atoms with Crippen LogP contribution in [0.25, 0.3) is 0 Å². The Kier molecular flexibility index (Phi) is 6.35. The molecule has 1 aromatic rings. The highest BCUT2D eigenvalue weighted by atomic mass is 35.5. The van der Waals surface area contributed by atoms with E-state index in [9.17, 15) is 9.59 Å². The molecule has 2 rings (SSSR count). The van der Waals surface area contributed by atoms with Crippen molar-refractivity contribution in [3.63, 3.8) is 0 Å². The Bertz CT molecular complexity index is 682. The lowest BCUT2D eigenvalue weighted by molar-refractivity contribution is -0.168. The highest BCUT2D eigenvalue weighted by Gasteiger charge is 2.59. The molecule has 1 fully saturated rings. The first kappa shape index (κ1) is 20.7. The Labute approximate surface area is 162 Å². The molecule has 1 amide bonds. The third-order valence-electron chi connectivity index (χ3n) is 5.60. The Hall–Kier alpha value is -1.59. The number of ether oxygens (including phenoxy) is 1. The molecule has 1 aliphatic heterocycles. The molecular weight excluding hydrogens is 366 g/mol. The first-order valence-corrected chi connectivity index (χ1v) is 12.3. The second kappa shape index (κ2) is 7.97. The molecule has 6 heteroatoms. The van der Waals surface area contributed by atoms with Crippen LogP contribution in [0.3, 0.4) is 0 Å². The predicted octanol–water partition coefficient (Wildman–Crippen LogP) is 4.70. The molecule has 0 N–H and O–H groups in total. The van der Waals surface area contributed by atoms with E-state index >= 15 is 0 Å². The number of nitrogens with zero attached hydrogens (tertiary/aromatic N) is 1. The van der Waals surface area contributed by atoms with Gasteiger partial charge < -0.3 is 9.30 Å². The van der Waals surface area contributed by atoms with Gasteiger partial charge in [-0.3, -0.25) is 4.79 Å². The molecule has 26 heavy (non-hydrogen) atoms. The fourth-order valence-electron chi connectivity index (χ4n) is 3.04. The minimum atomic E-state index is -2.17. The van der Waals surface area contributed by atoms with Crippen LogP contribution in [-0.4, -0.2) is 30.7 Å². The Morgan fingerprint density at radius 1 is 1.27 bits per heavy atom. The summed E-state index contributed by atoms with van der Waals surface area (Å²) in [6, 6.07) is 9.04. The van der Waals surface area contributed by atoms with Gasteiger partial charge >= 0.3 is 5.97 Å². The number of amides is 1. The number of carbonyl (C=O) groups excluding carboxylic acids is 2. The predicted molar refractivity (Wildman–Crippen MR) is 107 cm³/mol. The molecule has 4 nitrogen and oxygen atoms in total. The smallest absolute Gasteiger partial charge is 0.329 e. The summed E-state index contributed by atoms with van der Waals surface area (Å²) >= 11 is 5.63. The third-order valence-corrected chi connectivity index (χ3v) is 11.1. The van der Waals surface area contributed by atoms with Crippen LogP contribution in [0.2, 0.25) is 18.1 Å². The largest absolute Gasteiger partial charge is 0.459 e. The number of benzene rings is 1. The second-order valence-electron chi connectivity index (χ2n) is 8.26. The van der Waals surface area contributed by atoms with Gasteiger partial charge in [-0.1, -0.05) is 81.9 Å². The van der Waals surface area contributed by atoms with Crippen molar-refractivity contribution >= 4 is 31.7 Å². The Morgan fingerprint density at radius 2 is 1.88 bits per heavy atom. The maximum Gasteiger partial charge on any atom is 0.329 e. The van der Waals surface area contributed by atoms with Gasteiger partial charge in [-0.05, 0) is 17.0 Å². The number of rotatable bonds is 6. The zero-order valence-corrected chi connectivity index (χ0v) is 17.9. The van der Waals surface area contributed by atoms with E-state index in [0.29, 0.717) is 6.42 Å². The van der Waals surface area contributed by atoms with Crippen molar-refractivity contribution in [3.8, 4) is 0 Å². The lowest BCUT2D eigenvalue weighted by Crippen LogP contribution is -2.74. The monoisotopic (exact) mass is 393 g/mol. The van der Waals surface area contributed by atoms with Gasteiger partial charge in [-0.15, -0.1) is 0 Å². The first-order chi connectivity index (χ1) is 12.1. The number of carbonyl (C=O) groups is 2. The summed E-state index contributed by atoms with van der Waals surface area (Å²) in [5.74, 6) is -0.679. The summed E-state index contributed by atoms with van der Waals surface area (Å²) in [7, 11) is -2.17. The van der Waals surface area contributed by atoms with Crippen LogP contribution in [0.15, 0.2) is 41.9 Å². The molecule has 0 spiro atoms. The van der Waals surface area contributed by atoms with E-state index < -0.39 is 14.3 Å². The van der Waals surface area contributed by atoms with Gasteiger partial charge in [0.05, 0.1) is 5.92 Å². The standard InChI is InChI=1S/C20H28ClNO3Si/c1-20(2,3)26(4,5)22-17(16(18(22)23)12-9-13-21)19(24)25-14-15-10-7-6-8-11-15/h6-11,13,16-17H,12,14H2,1-5H3/t16-,17+/m1/s1. The number of β-lactam (4-membered cyclic amide) rings is 1. The normalized spacial score (nSPS) is 21.0. The fourth-order valence-corrected chi connectivity index (χ4v) is 5.57. The van der Waals surface area contributed by atoms with Crippen molar-refractivity contribution < 1.29 is 14.3 Å². The Morgan fingerprint density at radius 3 is 2.42 bits per heavy atom. The van der Waals surface area contributed by atoms with Crippen LogP contribution in [0.4, 0.5) is 0 Å². The van der Waals surface area contributed by atoms with Gasteiger partial charge in [0.15, 0.2) is 8.24 Å². The lowest BCUT2D eigenvalue weighted by atomic mass is 9.87. The minimum absolute atomic E-state index is 0.0352. The fraction of sp³-hybridized carbons (Fsp3) is 0.500. The molecule has 1 heterocycles. The summed E-state index contributed by atoms with van der Waals surface area (Å²) in [4.78, 5) is 25.7. The summed E-state index contributed by atoms with van der Waals surface area (Å²) in [5.41, 5.74) is 2.33. The van der Waals surface area contributed by atoms with Gasteiger partial charge in [0.2, 0.25) is 5.91 Å². The van der Waals surface area contributed by atoms with Crippen molar-refractivity contribution in [2.75, 3.05) is 0 Å². The van der Waals surface area contributed by atoms with Crippen LogP contribution < -0.4 is 0 Å². The van der Waals surface area contributed by atoms with Crippen LogP contribution in [0.5, 0.6) is 0 Å². The van der Waals surface area contributed by atoms with Crippen molar-refractivity contribution in [3.05, 3.63) is 47.5 Å². The second-order valence-corrected chi connectivity index (χ2v) is 13.6. The minimum Gasteiger partial charge on any atom is -0.459 e. The third kappa shape index (κ3) is 4.04. The van der Waals surface area contributed by atoms with E-state index in [2.05, 4.69) is 33.9 Å². The van der Waals surface area contributed by atoms with Crippen LogP contribution in [-0.2, 0) is 20.9 Å². The topological polar surface area (TPSA) is 46.6 Å². The summed E-state index contributed by atoms with van der Waals surface area (Å²) in [6.45, 7) is 10.9. The molecule has 0 unspecified atom stereocenters. The van der Waals surface area contributed by atoms with Crippen LogP contribution >= 0.6 is 11.6 Å². The molecule has 0 aliphatic carbocycles. The summed E-state index contributed by atoms with van der Waals surface area (Å²) < 4.78 is 7.39. The summed E-state index contributed by atoms with van der Waals surface area (Å²) in [5, 5.41) is -0.0477. The van der Waals surface area contributed by atoms with Gasteiger partial charge in [0, 0.05) is 5.54 Å². The van der Waals surface area contributed by atoms with Gasteiger partial charge in [0.25, 0.3) is 0 Å². The highest BCUT2D eigenvalue weighted by Crippen LogP contribution is 2.45. The van der Waals surface area contributed by atoms with E-state index in [-0.39, 0.29) is 29.4 Å². The molecule has 2 atom stereocenters. The van der Waals surface area contributed by atoms with E-state index in [1.165, 1.54) is 5.54 Å². The molecule has 142 valence electrons. The number of esters is 1. The van der Waals surface area contributed by atoms with Crippen LogP contribution in [0, 0.1) is 5.92 Å². The molecule has 1 aliphatic rings. The van der Waals surface area contributed by atoms with Crippen LogP contribution in [0.1, 0.15) is 32.8 Å². The maximum absolute atomic E-state index is 12.9. The quantitative estimate of drug-likeness (QED) is 0.399. The zero-order valence-electron chi connectivity index (χ0n) is 16.2. The SMILES string of the molecule is CC(C)(C)[Si](C)(C)N1C(=O)[C@H](CC=CCl)[C@H]1C(=O)OCc1ccccc1. The number of hydrogen-bond acceptors (Lipinski definition) is 3. The number of halogens is 1. The molecular formula is C20H28ClNO3Si. The molecule has 1 saturated heterocycles. The van der Waals surface area contributed by atoms with Crippen molar-refractivity contribution in [1.82, 2.24) is 4.57 Å². The molecule has 0 saturated carbocycles. The van der Waals surface area contributed by atoms with E-state index in [1.54, 1.807) is 6.08 Å². The highest BCUT2D eigenvalue weighted by molar-refractivity contribution is 6.80. The Balaban J connectivity index is 2.20. The van der Waals surface area contributed by atoms with Crippen molar-refractivity contribution in [2.24, 2.45) is 5.92 Å². The summed E-state index contributed by atoms with van der Waals surface area (Å²) in [6.07, 6.45) is 2.18. The zero-order chi connectivity index (χ0) is 19.5. The molecule has 1 aromatic carbocycles. The van der Waals surface area contributed by atoms with E-state index in [0.717, 1.165) is 5.56 Å². The average Bonchev–Trinajstić information content (AvgIpc) is 2.57. The number of allylic oxidation sites excluding steroid dienone is 1. The molecule has 0 aromatic heterocycles. The average molecular weight is 394 g/mol. The molecule has 0 radical (unpaired) electrons. The van der Waals surface area contributed by atoms with Crippen molar-refractivity contribution in [2.45, 2.75) is 58.0 Å². The first-order valence-electron chi connectivity index (χ1n) is 8.90. The van der Waals surface area contributed by atoms with E-state index in [1.807, 2.05) is 34.9 Å². The van der Waals surface area contributed by atoms with Gasteiger partial charge in [-0.25, -0.2) is 4.79 Å². The lowest BCUT2D eigenvalue weighted by Gasteiger charge is -2.57.